The lowest BCUT2D eigenvalue weighted by Gasteiger charge is -2.18. The molecule has 0 saturated carbocycles. The molecular formula is C26H29F3N6. The van der Waals surface area contributed by atoms with Crippen LogP contribution in [0.2, 0.25) is 0 Å². The minimum Gasteiger partial charge on any atom is -0.354 e. The molecule has 1 aromatic carbocycles. The highest BCUT2D eigenvalue weighted by Crippen LogP contribution is 2.36. The minimum absolute atomic E-state index is 0.0225. The summed E-state index contributed by atoms with van der Waals surface area (Å²) >= 11 is 0. The lowest BCUT2D eigenvalue weighted by atomic mass is 9.97. The van der Waals surface area contributed by atoms with Crippen LogP contribution in [0.15, 0.2) is 54.9 Å². The highest BCUT2D eigenvalue weighted by molar-refractivity contribution is 5.81. The number of halogens is 3. The first-order valence-corrected chi connectivity index (χ1v) is 11.3. The zero-order valence-corrected chi connectivity index (χ0v) is 20.5. The van der Waals surface area contributed by atoms with Gasteiger partial charge in [0.2, 0.25) is 5.95 Å². The Morgan fingerprint density at radius 3 is 2.46 bits per heavy atom. The maximum absolute atomic E-state index is 13.5. The molecule has 4 aromatic rings. The van der Waals surface area contributed by atoms with Gasteiger partial charge in [0.15, 0.2) is 0 Å². The van der Waals surface area contributed by atoms with Gasteiger partial charge in [-0.05, 0) is 55.4 Å². The van der Waals surface area contributed by atoms with E-state index in [0.717, 1.165) is 17.7 Å². The highest BCUT2D eigenvalue weighted by Gasteiger charge is 2.31. The Bertz CT molecular complexity index is 1340. The van der Waals surface area contributed by atoms with Crippen LogP contribution in [-0.4, -0.2) is 44.9 Å². The Hall–Kier alpha value is -3.46. The van der Waals surface area contributed by atoms with Crippen molar-refractivity contribution in [3.8, 4) is 22.6 Å². The van der Waals surface area contributed by atoms with Gasteiger partial charge in [0.1, 0.15) is 5.65 Å². The number of aromatic nitrogens is 4. The van der Waals surface area contributed by atoms with Gasteiger partial charge in [0, 0.05) is 31.0 Å². The van der Waals surface area contributed by atoms with Gasteiger partial charge in [0.05, 0.1) is 22.6 Å². The number of anilines is 1. The highest BCUT2D eigenvalue weighted by atomic mass is 19.4. The fourth-order valence-electron chi connectivity index (χ4n) is 3.76. The predicted octanol–water partition coefficient (Wildman–Crippen LogP) is 6.00. The lowest BCUT2D eigenvalue weighted by Crippen LogP contribution is -2.20. The normalized spacial score (nSPS) is 12.5. The summed E-state index contributed by atoms with van der Waals surface area (Å²) < 4.78 is 42.2. The topological polar surface area (TPSA) is 58.4 Å². The van der Waals surface area contributed by atoms with Gasteiger partial charge in [-0.2, -0.15) is 13.2 Å². The first-order valence-electron chi connectivity index (χ1n) is 11.3. The summed E-state index contributed by atoms with van der Waals surface area (Å²) in [4.78, 5) is 15.8. The minimum atomic E-state index is -4.45. The van der Waals surface area contributed by atoms with Crippen molar-refractivity contribution in [2.24, 2.45) is 5.41 Å². The predicted molar refractivity (Wildman–Crippen MR) is 132 cm³/mol. The molecule has 35 heavy (non-hydrogen) atoms. The molecule has 3 heterocycles. The molecule has 184 valence electrons. The van der Waals surface area contributed by atoms with Crippen molar-refractivity contribution < 1.29 is 13.2 Å². The van der Waals surface area contributed by atoms with Crippen LogP contribution in [0.3, 0.4) is 0 Å². The van der Waals surface area contributed by atoms with E-state index < -0.39 is 11.7 Å². The second-order valence-corrected chi connectivity index (χ2v) is 10.1. The van der Waals surface area contributed by atoms with Crippen LogP contribution in [0.5, 0.6) is 0 Å². The summed E-state index contributed by atoms with van der Waals surface area (Å²) in [5.74, 6) is 0.451. The van der Waals surface area contributed by atoms with Crippen LogP contribution in [0.1, 0.15) is 31.9 Å². The summed E-state index contributed by atoms with van der Waals surface area (Å²) in [6.45, 7) is 7.69. The molecule has 1 N–H and O–H groups in total. The van der Waals surface area contributed by atoms with E-state index in [1.54, 1.807) is 18.3 Å². The average molecular weight is 483 g/mol. The largest absolute Gasteiger partial charge is 0.416 e. The molecule has 0 aliphatic rings. The molecule has 0 saturated heterocycles. The van der Waals surface area contributed by atoms with Gasteiger partial charge in [0.25, 0.3) is 0 Å². The number of hydrogen-bond donors (Lipinski definition) is 1. The Labute approximate surface area is 202 Å². The third-order valence-corrected chi connectivity index (χ3v) is 5.33. The van der Waals surface area contributed by atoms with E-state index in [1.165, 1.54) is 6.07 Å². The average Bonchev–Trinajstić information content (AvgIpc) is 3.15. The molecule has 4 rings (SSSR count). The number of imidazole rings is 1. The van der Waals surface area contributed by atoms with Crippen LogP contribution in [0.25, 0.3) is 28.3 Å². The molecular weight excluding hydrogens is 453 g/mol. The van der Waals surface area contributed by atoms with E-state index in [9.17, 15) is 13.2 Å². The van der Waals surface area contributed by atoms with Crippen LogP contribution >= 0.6 is 0 Å². The Morgan fingerprint density at radius 2 is 1.77 bits per heavy atom. The fraction of sp³-hybridized carbons (Fsp3) is 0.346. The number of pyridine rings is 1. The van der Waals surface area contributed by atoms with Crippen LogP contribution in [0.4, 0.5) is 19.1 Å². The quantitative estimate of drug-likeness (QED) is 0.366. The molecule has 0 amide bonds. The van der Waals surface area contributed by atoms with Gasteiger partial charge in [-0.25, -0.2) is 15.0 Å². The lowest BCUT2D eigenvalue weighted by molar-refractivity contribution is -0.137. The molecule has 0 unspecified atom stereocenters. The monoisotopic (exact) mass is 482 g/mol. The van der Waals surface area contributed by atoms with Crippen molar-refractivity contribution in [3.63, 3.8) is 0 Å². The molecule has 6 nitrogen and oxygen atoms in total. The first kappa shape index (κ1) is 24.7. The number of alkyl halides is 3. The Morgan fingerprint density at radius 1 is 1.00 bits per heavy atom. The smallest absolute Gasteiger partial charge is 0.354 e. The molecule has 0 aliphatic heterocycles. The third-order valence-electron chi connectivity index (χ3n) is 5.33. The number of rotatable bonds is 6. The molecule has 9 heteroatoms. The van der Waals surface area contributed by atoms with Crippen molar-refractivity contribution in [3.05, 3.63) is 66.0 Å². The number of nitrogens with one attached hydrogen (secondary N) is 1. The SMILES string of the molecule is CN(C)Cc1ccn2c(-c3ccnc(NCC(C)(C)C)n3)c(-c3cccc(C(F)(F)F)c3)nc2c1. The van der Waals surface area contributed by atoms with Crippen molar-refractivity contribution in [1.82, 2.24) is 24.3 Å². The summed E-state index contributed by atoms with van der Waals surface area (Å²) in [7, 11) is 3.95. The third kappa shape index (κ3) is 5.79. The number of nitrogens with zero attached hydrogens (tertiary/aromatic N) is 5. The number of fused-ring (bicyclic) bond motifs is 1. The first-order chi connectivity index (χ1) is 16.4. The molecule has 0 spiro atoms. The molecule has 0 radical (unpaired) electrons. The maximum Gasteiger partial charge on any atom is 0.416 e. The van der Waals surface area contributed by atoms with Gasteiger partial charge < -0.3 is 10.2 Å². The van der Waals surface area contributed by atoms with E-state index in [4.69, 9.17) is 4.98 Å². The second-order valence-electron chi connectivity index (χ2n) is 10.1. The summed E-state index contributed by atoms with van der Waals surface area (Å²) in [5, 5.41) is 3.25. The van der Waals surface area contributed by atoms with Gasteiger partial charge in [-0.1, -0.05) is 32.9 Å². The van der Waals surface area contributed by atoms with Crippen LogP contribution in [0, 0.1) is 5.41 Å². The van der Waals surface area contributed by atoms with Crippen molar-refractivity contribution in [2.45, 2.75) is 33.5 Å². The van der Waals surface area contributed by atoms with Gasteiger partial charge in [-0.3, -0.25) is 4.40 Å². The maximum atomic E-state index is 13.5. The Kier molecular flexibility index (Phi) is 6.55. The fourth-order valence-corrected chi connectivity index (χ4v) is 3.76. The molecule has 0 bridgehead atoms. The van der Waals surface area contributed by atoms with E-state index in [-0.39, 0.29) is 5.41 Å². The van der Waals surface area contributed by atoms with E-state index >= 15 is 0 Å². The summed E-state index contributed by atoms with van der Waals surface area (Å²) in [6.07, 6.45) is -0.922. The van der Waals surface area contributed by atoms with Crippen LogP contribution < -0.4 is 5.32 Å². The number of hydrogen-bond acceptors (Lipinski definition) is 5. The van der Waals surface area contributed by atoms with Crippen molar-refractivity contribution in [2.75, 3.05) is 26.0 Å². The zero-order valence-electron chi connectivity index (χ0n) is 20.5. The van der Waals surface area contributed by atoms with Gasteiger partial charge in [-0.15, -0.1) is 0 Å². The molecule has 3 aromatic heterocycles. The van der Waals surface area contributed by atoms with Crippen molar-refractivity contribution in [1.29, 1.82) is 0 Å². The van der Waals surface area contributed by atoms with Crippen LogP contribution in [-0.2, 0) is 12.7 Å². The summed E-state index contributed by atoms with van der Waals surface area (Å²) in [6, 6.07) is 10.9. The van der Waals surface area contributed by atoms with E-state index in [1.807, 2.05) is 41.7 Å². The number of benzene rings is 1. The standard InChI is InChI=1S/C26H29F3N6/c1-25(2,3)16-31-24-30-11-9-20(32-24)23-22(18-7-6-8-19(14-18)26(27,28)29)33-21-13-17(15-34(4)5)10-12-35(21)23/h6-14H,15-16H2,1-5H3,(H,30,31,32). The molecule has 0 fully saturated rings. The molecule has 0 aliphatic carbocycles. The second kappa shape index (κ2) is 9.30. The summed E-state index contributed by atoms with van der Waals surface area (Å²) in [5.41, 5.74) is 2.96. The van der Waals surface area contributed by atoms with E-state index in [0.29, 0.717) is 47.3 Å². The van der Waals surface area contributed by atoms with Gasteiger partial charge >= 0.3 is 6.18 Å². The molecule has 0 atom stereocenters. The van der Waals surface area contributed by atoms with Crippen molar-refractivity contribution >= 4 is 11.6 Å². The zero-order chi connectivity index (χ0) is 25.4. The van der Waals surface area contributed by atoms with E-state index in [2.05, 4.69) is 36.1 Å². The Balaban J connectivity index is 1.88.